The molecule has 8 heteroatoms. The predicted molar refractivity (Wildman–Crippen MR) is 139 cm³/mol. The van der Waals surface area contributed by atoms with Crippen LogP contribution in [0.25, 0.3) is 22.7 Å². The number of para-hydroxylation sites is 2. The molecule has 4 rings (SSSR count). The van der Waals surface area contributed by atoms with Gasteiger partial charge in [-0.3, -0.25) is 4.79 Å². The number of ether oxygens (including phenoxy) is 2. The number of aromatic nitrogens is 1. The molecule has 0 fully saturated rings. The van der Waals surface area contributed by atoms with E-state index in [1.807, 2.05) is 55.5 Å². The van der Waals surface area contributed by atoms with E-state index in [1.165, 1.54) is 7.11 Å². The highest BCUT2D eigenvalue weighted by Crippen LogP contribution is 2.35. The molecule has 34 heavy (non-hydrogen) atoms. The topological polar surface area (TPSA) is 97.4 Å². The number of hydrogen-bond acceptors (Lipinski definition) is 6. The van der Waals surface area contributed by atoms with Crippen molar-refractivity contribution in [3.8, 4) is 17.6 Å². The summed E-state index contributed by atoms with van der Waals surface area (Å²) in [5.41, 5.74) is 4.03. The molecule has 0 aliphatic carbocycles. The SMILES string of the molecule is COc1cc(/C=C(\C#N)c2nc3ccccc3o2)cc(I)c1OCC(=O)Nc1cccc(C)c1. The highest BCUT2D eigenvalue weighted by atomic mass is 127. The van der Waals surface area contributed by atoms with Gasteiger partial charge in [-0.15, -0.1) is 0 Å². The number of allylic oxidation sites excluding steroid dienone is 1. The summed E-state index contributed by atoms with van der Waals surface area (Å²) in [5.74, 6) is 0.845. The van der Waals surface area contributed by atoms with Crippen LogP contribution in [0.5, 0.6) is 11.5 Å². The Bertz CT molecular complexity index is 1400. The molecule has 0 unspecified atom stereocenters. The molecule has 0 radical (unpaired) electrons. The highest BCUT2D eigenvalue weighted by Gasteiger charge is 2.15. The minimum absolute atomic E-state index is 0.179. The number of aryl methyl sites for hydroxylation is 1. The first-order chi connectivity index (χ1) is 16.5. The number of anilines is 1. The third-order valence-electron chi connectivity index (χ3n) is 4.86. The third-order valence-corrected chi connectivity index (χ3v) is 5.66. The number of halogens is 1. The Morgan fingerprint density at radius 3 is 2.76 bits per heavy atom. The van der Waals surface area contributed by atoms with Gasteiger partial charge in [0.1, 0.15) is 17.2 Å². The molecule has 0 saturated heterocycles. The second kappa shape index (κ2) is 10.4. The van der Waals surface area contributed by atoms with Crippen LogP contribution >= 0.6 is 22.6 Å². The number of rotatable bonds is 7. The van der Waals surface area contributed by atoms with E-state index in [9.17, 15) is 10.1 Å². The first-order valence-corrected chi connectivity index (χ1v) is 11.4. The van der Waals surface area contributed by atoms with Gasteiger partial charge in [0.15, 0.2) is 23.7 Å². The van der Waals surface area contributed by atoms with Crippen LogP contribution in [0.15, 0.2) is 65.1 Å². The van der Waals surface area contributed by atoms with Crippen LogP contribution in [-0.2, 0) is 4.79 Å². The van der Waals surface area contributed by atoms with Crippen molar-refractivity contribution in [3.05, 3.63) is 81.3 Å². The Hall–Kier alpha value is -3.84. The van der Waals surface area contributed by atoms with Crippen LogP contribution in [0, 0.1) is 21.8 Å². The van der Waals surface area contributed by atoms with Gasteiger partial charge < -0.3 is 19.2 Å². The Labute approximate surface area is 210 Å². The largest absolute Gasteiger partial charge is 0.493 e. The maximum Gasteiger partial charge on any atom is 0.262 e. The van der Waals surface area contributed by atoms with E-state index >= 15 is 0 Å². The Morgan fingerprint density at radius 1 is 1.21 bits per heavy atom. The zero-order valence-corrected chi connectivity index (χ0v) is 20.6. The quantitative estimate of drug-likeness (QED) is 0.224. The standard InChI is InChI=1S/C26H20IN3O4/c1-16-6-5-7-19(10-16)29-24(31)15-33-25-20(27)12-17(13-23(25)32-2)11-18(14-28)26-30-21-8-3-4-9-22(21)34-26/h3-13H,15H2,1-2H3,(H,29,31)/b18-11+. The number of hydrogen-bond donors (Lipinski definition) is 1. The van der Waals surface area contributed by atoms with Crippen molar-refractivity contribution >= 4 is 56.9 Å². The lowest BCUT2D eigenvalue weighted by atomic mass is 10.1. The van der Waals surface area contributed by atoms with Gasteiger partial charge in [0.2, 0.25) is 5.89 Å². The molecule has 0 bridgehead atoms. The van der Waals surface area contributed by atoms with E-state index in [4.69, 9.17) is 13.9 Å². The molecule has 0 atom stereocenters. The molecule has 0 aliphatic heterocycles. The van der Waals surface area contributed by atoms with Gasteiger partial charge in [0.25, 0.3) is 5.91 Å². The third kappa shape index (κ3) is 5.38. The number of nitrogens with zero attached hydrogens (tertiary/aromatic N) is 2. The molecule has 3 aromatic carbocycles. The molecule has 170 valence electrons. The van der Waals surface area contributed by atoms with Crippen LogP contribution in [0.2, 0.25) is 0 Å². The number of oxazole rings is 1. The number of fused-ring (bicyclic) bond motifs is 1. The smallest absolute Gasteiger partial charge is 0.262 e. The van der Waals surface area contributed by atoms with E-state index in [-0.39, 0.29) is 24.0 Å². The van der Waals surface area contributed by atoms with Gasteiger partial charge in [0.05, 0.1) is 10.7 Å². The van der Waals surface area contributed by atoms with Gasteiger partial charge in [-0.05, 0) is 83.1 Å². The van der Waals surface area contributed by atoms with Crippen molar-refractivity contribution in [2.24, 2.45) is 0 Å². The second-order valence-electron chi connectivity index (χ2n) is 7.40. The van der Waals surface area contributed by atoms with Gasteiger partial charge in [0, 0.05) is 5.69 Å². The van der Waals surface area contributed by atoms with Gasteiger partial charge in [-0.2, -0.15) is 5.26 Å². The summed E-state index contributed by atoms with van der Waals surface area (Å²) >= 11 is 2.11. The predicted octanol–water partition coefficient (Wildman–Crippen LogP) is 5.83. The fourth-order valence-corrected chi connectivity index (χ4v) is 4.10. The summed E-state index contributed by atoms with van der Waals surface area (Å²) < 4.78 is 17.7. The number of amides is 1. The van der Waals surface area contributed by atoms with Crippen molar-refractivity contribution in [1.29, 1.82) is 5.26 Å². The van der Waals surface area contributed by atoms with Crippen molar-refractivity contribution in [2.45, 2.75) is 6.92 Å². The van der Waals surface area contributed by atoms with Crippen molar-refractivity contribution in [3.63, 3.8) is 0 Å². The molecule has 4 aromatic rings. The monoisotopic (exact) mass is 565 g/mol. The van der Waals surface area contributed by atoms with Crippen LogP contribution in [0.4, 0.5) is 5.69 Å². The van der Waals surface area contributed by atoms with E-state index < -0.39 is 0 Å². The molecule has 1 heterocycles. The Morgan fingerprint density at radius 2 is 2.03 bits per heavy atom. The summed E-state index contributed by atoms with van der Waals surface area (Å²) in [5, 5.41) is 12.5. The van der Waals surface area contributed by atoms with Crippen LogP contribution in [0.3, 0.4) is 0 Å². The fourth-order valence-electron chi connectivity index (χ4n) is 3.32. The van der Waals surface area contributed by atoms with Crippen LogP contribution in [-0.4, -0.2) is 24.6 Å². The summed E-state index contributed by atoms with van der Waals surface area (Å²) in [6.45, 7) is 1.78. The van der Waals surface area contributed by atoms with Gasteiger partial charge in [-0.25, -0.2) is 4.98 Å². The lowest BCUT2D eigenvalue weighted by Gasteiger charge is -2.14. The molecule has 7 nitrogen and oxygen atoms in total. The first-order valence-electron chi connectivity index (χ1n) is 10.3. The molecule has 0 spiro atoms. The molecule has 0 aliphatic rings. The van der Waals surface area contributed by atoms with E-state index in [0.717, 1.165) is 9.13 Å². The molecule has 1 aromatic heterocycles. The Kier molecular flexibility index (Phi) is 7.13. The van der Waals surface area contributed by atoms with Crippen LogP contribution in [0.1, 0.15) is 17.0 Å². The molecular weight excluding hydrogens is 545 g/mol. The van der Waals surface area contributed by atoms with Crippen molar-refractivity contribution < 1.29 is 18.7 Å². The van der Waals surface area contributed by atoms with Crippen molar-refractivity contribution in [2.75, 3.05) is 19.0 Å². The number of methoxy groups -OCH3 is 1. The lowest BCUT2D eigenvalue weighted by molar-refractivity contribution is -0.118. The zero-order chi connectivity index (χ0) is 24.1. The normalized spacial score (nSPS) is 11.2. The zero-order valence-electron chi connectivity index (χ0n) is 18.5. The van der Waals surface area contributed by atoms with Gasteiger partial charge >= 0.3 is 0 Å². The number of nitrogens with one attached hydrogen (secondary N) is 1. The molecule has 1 N–H and O–H groups in total. The number of carbonyl (C=O) groups excluding carboxylic acids is 1. The highest BCUT2D eigenvalue weighted by molar-refractivity contribution is 14.1. The van der Waals surface area contributed by atoms with Gasteiger partial charge in [-0.1, -0.05) is 24.3 Å². The maximum absolute atomic E-state index is 12.3. The van der Waals surface area contributed by atoms with Crippen LogP contribution < -0.4 is 14.8 Å². The first kappa shape index (κ1) is 23.3. The summed E-state index contributed by atoms with van der Waals surface area (Å²) in [4.78, 5) is 16.7. The minimum Gasteiger partial charge on any atom is -0.493 e. The second-order valence-corrected chi connectivity index (χ2v) is 8.56. The lowest BCUT2D eigenvalue weighted by Crippen LogP contribution is -2.20. The van der Waals surface area contributed by atoms with E-state index in [2.05, 4.69) is 39.0 Å². The summed E-state index contributed by atoms with van der Waals surface area (Å²) in [7, 11) is 1.52. The Balaban J connectivity index is 1.54. The number of carbonyl (C=O) groups is 1. The minimum atomic E-state index is -0.282. The fraction of sp³-hybridized carbons (Fsp3) is 0.115. The molecular formula is C26H20IN3O4. The summed E-state index contributed by atoms with van der Waals surface area (Å²) in [6.07, 6.45) is 1.67. The summed E-state index contributed by atoms with van der Waals surface area (Å²) in [6, 6.07) is 20.6. The average molecular weight is 565 g/mol. The number of benzene rings is 3. The average Bonchev–Trinajstić information content (AvgIpc) is 3.25. The van der Waals surface area contributed by atoms with E-state index in [1.54, 1.807) is 18.2 Å². The van der Waals surface area contributed by atoms with E-state index in [0.29, 0.717) is 33.8 Å². The van der Waals surface area contributed by atoms with Crippen molar-refractivity contribution in [1.82, 2.24) is 4.98 Å². The molecule has 1 amide bonds. The molecule has 0 saturated carbocycles. The number of nitriles is 1. The maximum atomic E-state index is 12.3.